The molecule has 0 aliphatic carbocycles. The second-order valence-electron chi connectivity index (χ2n) is 4.35. The fraction of sp³-hybridized carbons (Fsp3) is 0.133. The highest BCUT2D eigenvalue weighted by molar-refractivity contribution is 6.33. The molecule has 0 spiro atoms. The minimum absolute atomic E-state index is 0.0895. The van der Waals surface area contributed by atoms with Gasteiger partial charge in [-0.05, 0) is 24.6 Å². The topological polar surface area (TPSA) is 29.1 Å². The molecule has 2 rings (SSSR count). The normalized spacial score (nSPS) is 12.0. The van der Waals surface area contributed by atoms with Crippen molar-refractivity contribution in [2.75, 3.05) is 0 Å². The van der Waals surface area contributed by atoms with Gasteiger partial charge in [0, 0.05) is 0 Å². The summed E-state index contributed by atoms with van der Waals surface area (Å²) in [6, 6.07) is 10.6. The second kappa shape index (κ2) is 6.01. The average Bonchev–Trinajstić information content (AvgIpc) is 2.43. The quantitative estimate of drug-likeness (QED) is 0.848. The van der Waals surface area contributed by atoms with E-state index in [0.717, 1.165) is 17.7 Å². The van der Waals surface area contributed by atoms with Crippen LogP contribution in [0.5, 0.6) is 0 Å². The summed E-state index contributed by atoms with van der Waals surface area (Å²) in [6.45, 7) is 1.79. The van der Waals surface area contributed by atoms with E-state index in [9.17, 15) is 13.6 Å². The summed E-state index contributed by atoms with van der Waals surface area (Å²) in [5.41, 5.74) is 0.813. The fourth-order valence-electron chi connectivity index (χ4n) is 1.80. The van der Waals surface area contributed by atoms with E-state index in [2.05, 4.69) is 5.32 Å². The van der Waals surface area contributed by atoms with Gasteiger partial charge in [-0.1, -0.05) is 41.9 Å². The van der Waals surface area contributed by atoms with Crippen LogP contribution in [-0.2, 0) is 0 Å². The van der Waals surface area contributed by atoms with Crippen molar-refractivity contribution in [3.63, 3.8) is 0 Å². The molecule has 5 heteroatoms. The van der Waals surface area contributed by atoms with E-state index in [1.54, 1.807) is 6.92 Å². The lowest BCUT2D eigenvalue weighted by molar-refractivity contribution is 0.0939. The predicted octanol–water partition coefficient (Wildman–Crippen LogP) is 4.11. The average molecular weight is 296 g/mol. The molecule has 0 heterocycles. The Balaban J connectivity index is 2.19. The van der Waals surface area contributed by atoms with Gasteiger partial charge in [0.05, 0.1) is 16.6 Å². The van der Waals surface area contributed by atoms with Crippen LogP contribution in [0.25, 0.3) is 0 Å². The molecule has 0 saturated heterocycles. The van der Waals surface area contributed by atoms with E-state index in [0.29, 0.717) is 0 Å². The number of rotatable bonds is 3. The van der Waals surface area contributed by atoms with Crippen LogP contribution in [0, 0.1) is 11.6 Å². The van der Waals surface area contributed by atoms with Crippen molar-refractivity contribution in [3.05, 3.63) is 70.2 Å². The molecule has 104 valence electrons. The van der Waals surface area contributed by atoms with Gasteiger partial charge in [-0.3, -0.25) is 4.79 Å². The van der Waals surface area contributed by atoms with Crippen LogP contribution in [0.3, 0.4) is 0 Å². The van der Waals surface area contributed by atoms with Gasteiger partial charge < -0.3 is 5.32 Å². The number of carbonyl (C=O) groups is 1. The van der Waals surface area contributed by atoms with Crippen molar-refractivity contribution in [2.45, 2.75) is 13.0 Å². The van der Waals surface area contributed by atoms with Gasteiger partial charge in [0.25, 0.3) is 5.91 Å². The Kier molecular flexibility index (Phi) is 4.35. The van der Waals surface area contributed by atoms with Gasteiger partial charge in [0.1, 0.15) is 0 Å². The lowest BCUT2D eigenvalue weighted by Gasteiger charge is -2.15. The van der Waals surface area contributed by atoms with Crippen LogP contribution < -0.4 is 5.32 Å². The predicted molar refractivity (Wildman–Crippen MR) is 73.7 cm³/mol. The third kappa shape index (κ3) is 3.14. The minimum atomic E-state index is -1.10. The van der Waals surface area contributed by atoms with Crippen molar-refractivity contribution >= 4 is 17.5 Å². The summed E-state index contributed by atoms with van der Waals surface area (Å²) in [6.07, 6.45) is 0. The van der Waals surface area contributed by atoms with Crippen molar-refractivity contribution in [1.82, 2.24) is 5.32 Å². The zero-order valence-electron chi connectivity index (χ0n) is 10.7. The van der Waals surface area contributed by atoms with E-state index in [1.165, 1.54) is 0 Å². The molecule has 0 fully saturated rings. The molecule has 0 radical (unpaired) electrons. The van der Waals surface area contributed by atoms with Gasteiger partial charge in [-0.25, -0.2) is 8.78 Å². The lowest BCUT2D eigenvalue weighted by Crippen LogP contribution is -2.27. The van der Waals surface area contributed by atoms with Crippen molar-refractivity contribution in [1.29, 1.82) is 0 Å². The maximum atomic E-state index is 13.2. The SMILES string of the molecule is C[C@H](NC(=O)c1cc(F)c(F)cc1Cl)c1ccccc1. The monoisotopic (exact) mass is 295 g/mol. The Morgan fingerprint density at radius 1 is 1.15 bits per heavy atom. The first-order chi connectivity index (χ1) is 9.49. The van der Waals surface area contributed by atoms with E-state index >= 15 is 0 Å². The van der Waals surface area contributed by atoms with Gasteiger partial charge in [0.15, 0.2) is 11.6 Å². The summed E-state index contributed by atoms with van der Waals surface area (Å²) in [5, 5.41) is 2.56. The Morgan fingerprint density at radius 2 is 1.75 bits per heavy atom. The van der Waals surface area contributed by atoms with Gasteiger partial charge in [-0.2, -0.15) is 0 Å². The zero-order chi connectivity index (χ0) is 14.7. The molecule has 1 atom stereocenters. The summed E-state index contributed by atoms with van der Waals surface area (Å²) in [4.78, 5) is 12.0. The first kappa shape index (κ1) is 14.5. The minimum Gasteiger partial charge on any atom is -0.345 e. The summed E-state index contributed by atoms with van der Waals surface area (Å²) < 4.78 is 26.1. The van der Waals surface area contributed by atoms with Gasteiger partial charge in [-0.15, -0.1) is 0 Å². The maximum absolute atomic E-state index is 13.2. The molecule has 0 saturated carbocycles. The molecule has 1 amide bonds. The standard InChI is InChI=1S/C15H12ClF2NO/c1-9(10-5-3-2-4-6-10)19-15(20)11-7-13(17)14(18)8-12(11)16/h2-9H,1H3,(H,19,20)/t9-/m0/s1. The molecule has 2 nitrogen and oxygen atoms in total. The first-order valence-electron chi connectivity index (χ1n) is 5.99. The highest BCUT2D eigenvalue weighted by Crippen LogP contribution is 2.21. The summed E-state index contributed by atoms with van der Waals surface area (Å²) in [7, 11) is 0. The molecule has 20 heavy (non-hydrogen) atoms. The number of hydrogen-bond acceptors (Lipinski definition) is 1. The van der Waals surface area contributed by atoms with Crippen LogP contribution in [0.2, 0.25) is 5.02 Å². The smallest absolute Gasteiger partial charge is 0.253 e. The van der Waals surface area contributed by atoms with E-state index in [4.69, 9.17) is 11.6 Å². The summed E-state index contributed by atoms with van der Waals surface area (Å²) in [5.74, 6) is -2.74. The highest BCUT2D eigenvalue weighted by atomic mass is 35.5. The van der Waals surface area contributed by atoms with Crippen LogP contribution in [0.15, 0.2) is 42.5 Å². The van der Waals surface area contributed by atoms with Crippen LogP contribution >= 0.6 is 11.6 Å². The number of nitrogens with one attached hydrogen (secondary N) is 1. The van der Waals surface area contributed by atoms with Gasteiger partial charge in [0.2, 0.25) is 0 Å². The fourth-order valence-corrected chi connectivity index (χ4v) is 2.03. The highest BCUT2D eigenvalue weighted by Gasteiger charge is 2.17. The third-order valence-electron chi connectivity index (χ3n) is 2.90. The molecule has 0 aliphatic rings. The molecule has 0 aromatic heterocycles. The number of amides is 1. The van der Waals surface area contributed by atoms with Crippen LogP contribution in [0.4, 0.5) is 8.78 Å². The zero-order valence-corrected chi connectivity index (χ0v) is 11.4. The molecule has 0 bridgehead atoms. The van der Waals surface area contributed by atoms with Crippen LogP contribution in [0.1, 0.15) is 28.9 Å². The molecule has 0 unspecified atom stereocenters. The first-order valence-corrected chi connectivity index (χ1v) is 6.37. The second-order valence-corrected chi connectivity index (χ2v) is 4.76. The van der Waals surface area contributed by atoms with Gasteiger partial charge >= 0.3 is 0 Å². The Labute approximate surface area is 120 Å². The van der Waals surface area contributed by atoms with Crippen molar-refractivity contribution in [2.24, 2.45) is 0 Å². The number of carbonyl (C=O) groups excluding carboxylic acids is 1. The summed E-state index contributed by atoms with van der Waals surface area (Å²) >= 11 is 5.76. The molecule has 0 aliphatic heterocycles. The Morgan fingerprint density at radius 3 is 2.40 bits per heavy atom. The molecular weight excluding hydrogens is 284 g/mol. The molecular formula is C15H12ClF2NO. The number of halogens is 3. The van der Waals surface area contributed by atoms with E-state index in [-0.39, 0.29) is 16.6 Å². The van der Waals surface area contributed by atoms with Crippen molar-refractivity contribution < 1.29 is 13.6 Å². The van der Waals surface area contributed by atoms with E-state index < -0.39 is 17.5 Å². The maximum Gasteiger partial charge on any atom is 0.253 e. The number of hydrogen-bond donors (Lipinski definition) is 1. The molecule has 1 N–H and O–H groups in total. The van der Waals surface area contributed by atoms with Crippen LogP contribution in [-0.4, -0.2) is 5.91 Å². The Bertz CT molecular complexity index is 631. The number of benzene rings is 2. The Hall–Kier alpha value is -1.94. The third-order valence-corrected chi connectivity index (χ3v) is 3.21. The largest absolute Gasteiger partial charge is 0.345 e. The molecule has 2 aromatic rings. The van der Waals surface area contributed by atoms with Crippen molar-refractivity contribution in [3.8, 4) is 0 Å². The van der Waals surface area contributed by atoms with E-state index in [1.807, 2.05) is 30.3 Å². The molecule has 2 aromatic carbocycles. The lowest BCUT2D eigenvalue weighted by atomic mass is 10.1.